The highest BCUT2D eigenvalue weighted by Crippen LogP contribution is 2.38. The topological polar surface area (TPSA) is 105 Å². The van der Waals surface area contributed by atoms with Crippen LogP contribution in [0.2, 0.25) is 0 Å². The third-order valence-electron chi connectivity index (χ3n) is 5.93. The van der Waals surface area contributed by atoms with Crippen molar-refractivity contribution in [2.75, 3.05) is 50.6 Å². The summed E-state index contributed by atoms with van der Waals surface area (Å²) in [5, 5.41) is 2.85. The summed E-state index contributed by atoms with van der Waals surface area (Å²) in [7, 11) is -2.17. The number of sulfonamides is 1. The zero-order valence-electron chi connectivity index (χ0n) is 19.7. The van der Waals surface area contributed by atoms with Gasteiger partial charge in [-0.1, -0.05) is 19.1 Å². The van der Waals surface area contributed by atoms with Crippen LogP contribution in [0.4, 0.5) is 5.69 Å². The molecular weight excluding hydrogens is 490 g/mol. The second-order valence-electron chi connectivity index (χ2n) is 8.41. The van der Waals surface area contributed by atoms with Gasteiger partial charge in [-0.25, -0.2) is 8.42 Å². The number of hydrogen-bond donors (Lipinski definition) is 1. The molecule has 1 atom stereocenters. The number of thioether (sulfide) groups is 1. The van der Waals surface area contributed by atoms with E-state index in [0.717, 1.165) is 10.5 Å². The predicted molar refractivity (Wildman–Crippen MR) is 133 cm³/mol. The monoisotopic (exact) mass is 519 g/mol. The quantitative estimate of drug-likeness (QED) is 0.597. The van der Waals surface area contributed by atoms with Gasteiger partial charge in [-0.15, -0.1) is 11.8 Å². The predicted octanol–water partition coefficient (Wildman–Crippen LogP) is 2.11. The number of benzene rings is 2. The number of fused-ring (bicyclic) bond motifs is 1. The van der Waals surface area contributed by atoms with E-state index < -0.39 is 10.0 Å². The fourth-order valence-corrected chi connectivity index (χ4v) is 6.43. The first-order valence-electron chi connectivity index (χ1n) is 11.4. The number of carbonyl (C=O) groups is 2. The fourth-order valence-electron chi connectivity index (χ4n) is 3.94. The lowest BCUT2D eigenvalue weighted by atomic mass is 10.1. The molecule has 4 rings (SSSR count). The van der Waals surface area contributed by atoms with Gasteiger partial charge in [0.2, 0.25) is 21.8 Å². The fraction of sp³-hybridized carbons (Fsp3) is 0.417. The van der Waals surface area contributed by atoms with Crippen LogP contribution >= 0.6 is 11.8 Å². The number of anilines is 1. The Morgan fingerprint density at radius 1 is 1.20 bits per heavy atom. The second kappa shape index (κ2) is 11.0. The summed E-state index contributed by atoms with van der Waals surface area (Å²) in [5.41, 5.74) is 1.30. The third-order valence-corrected chi connectivity index (χ3v) is 9.15. The number of hydrogen-bond acceptors (Lipinski definition) is 7. The van der Waals surface area contributed by atoms with E-state index in [9.17, 15) is 18.0 Å². The van der Waals surface area contributed by atoms with Crippen LogP contribution < -0.4 is 15.0 Å². The van der Waals surface area contributed by atoms with Gasteiger partial charge in [-0.2, -0.15) is 4.31 Å². The highest BCUT2D eigenvalue weighted by molar-refractivity contribution is 7.99. The largest absolute Gasteiger partial charge is 0.497 e. The molecular formula is C24H29N3O6S2. The van der Waals surface area contributed by atoms with Crippen LogP contribution in [0.1, 0.15) is 12.5 Å². The lowest BCUT2D eigenvalue weighted by Crippen LogP contribution is -2.43. The Balaban J connectivity index is 1.57. The number of nitrogens with one attached hydrogen (secondary N) is 1. The smallest absolute Gasteiger partial charge is 0.243 e. The molecule has 2 aliphatic rings. The Kier molecular flexibility index (Phi) is 8.00. The molecule has 0 bridgehead atoms. The molecule has 0 radical (unpaired) electrons. The lowest BCUT2D eigenvalue weighted by Gasteiger charge is -2.27. The van der Waals surface area contributed by atoms with Gasteiger partial charge < -0.3 is 19.7 Å². The van der Waals surface area contributed by atoms with E-state index in [0.29, 0.717) is 30.4 Å². The minimum Gasteiger partial charge on any atom is -0.497 e. The maximum absolute atomic E-state index is 13.2. The van der Waals surface area contributed by atoms with Gasteiger partial charge in [-0.05, 0) is 35.9 Å². The Morgan fingerprint density at radius 2 is 1.97 bits per heavy atom. The summed E-state index contributed by atoms with van der Waals surface area (Å²) in [6, 6.07) is 12.2. The van der Waals surface area contributed by atoms with E-state index in [-0.39, 0.29) is 48.8 Å². The van der Waals surface area contributed by atoms with Gasteiger partial charge in [0.1, 0.15) is 12.3 Å². The van der Waals surface area contributed by atoms with E-state index in [2.05, 4.69) is 5.32 Å². The summed E-state index contributed by atoms with van der Waals surface area (Å²) in [4.78, 5) is 28.3. The van der Waals surface area contributed by atoms with Crippen molar-refractivity contribution in [3.63, 3.8) is 0 Å². The first-order valence-corrected chi connectivity index (χ1v) is 13.8. The average molecular weight is 520 g/mol. The number of nitrogens with zero attached hydrogens (tertiary/aromatic N) is 2. The molecule has 0 saturated carbocycles. The van der Waals surface area contributed by atoms with Gasteiger partial charge in [0.05, 0.1) is 30.9 Å². The zero-order chi connectivity index (χ0) is 25.0. The molecule has 2 aromatic rings. The molecule has 0 aromatic heterocycles. The number of amides is 2. The van der Waals surface area contributed by atoms with Gasteiger partial charge >= 0.3 is 0 Å². The van der Waals surface area contributed by atoms with E-state index in [1.807, 2.05) is 31.2 Å². The van der Waals surface area contributed by atoms with Gasteiger partial charge in [0, 0.05) is 36.2 Å². The van der Waals surface area contributed by atoms with Crippen molar-refractivity contribution in [3.05, 3.63) is 48.0 Å². The molecule has 0 aliphatic carbocycles. The molecule has 1 fully saturated rings. The van der Waals surface area contributed by atoms with E-state index in [4.69, 9.17) is 9.47 Å². The highest BCUT2D eigenvalue weighted by atomic mass is 32.2. The summed E-state index contributed by atoms with van der Waals surface area (Å²) in [5.74, 6) is 0.357. The standard InChI is InChI=1S/C24H29N3O6S2/c1-17-16-34-22-7-6-20(35(30,31)26-8-10-33-11-9-26)13-21(22)27(24(17)29)15-23(28)25-14-18-4-3-5-19(12-18)32-2/h3-7,12-13,17H,8-11,14-16H2,1-2H3,(H,25,28). The molecule has 11 heteroatoms. The van der Waals surface area contributed by atoms with E-state index in [1.54, 1.807) is 19.2 Å². The van der Waals surface area contributed by atoms with Crippen LogP contribution in [0.3, 0.4) is 0 Å². The second-order valence-corrected chi connectivity index (χ2v) is 11.4. The number of ether oxygens (including phenoxy) is 2. The summed E-state index contributed by atoms with van der Waals surface area (Å²) in [6.45, 7) is 3.13. The SMILES string of the molecule is COc1cccc(CNC(=O)CN2C(=O)C(C)CSc3ccc(S(=O)(=O)N4CCOCC4)cc32)c1. The molecule has 188 valence electrons. The maximum Gasteiger partial charge on any atom is 0.243 e. The Hall–Kier alpha value is -2.60. The van der Waals surface area contributed by atoms with Crippen molar-refractivity contribution in [1.82, 2.24) is 9.62 Å². The van der Waals surface area contributed by atoms with Crippen molar-refractivity contribution in [3.8, 4) is 5.75 Å². The molecule has 0 spiro atoms. The molecule has 1 saturated heterocycles. The normalized spacial score (nSPS) is 19.1. The lowest BCUT2D eigenvalue weighted by molar-refractivity contribution is -0.125. The summed E-state index contributed by atoms with van der Waals surface area (Å²) < 4.78 is 38.3. The van der Waals surface area contributed by atoms with Crippen molar-refractivity contribution in [2.45, 2.75) is 23.3 Å². The van der Waals surface area contributed by atoms with Gasteiger partial charge in [-0.3, -0.25) is 9.59 Å². The molecule has 1 N–H and O–H groups in total. The maximum atomic E-state index is 13.2. The van der Waals surface area contributed by atoms with Crippen LogP contribution in [-0.4, -0.2) is 70.2 Å². The first kappa shape index (κ1) is 25.5. The molecule has 2 heterocycles. The van der Waals surface area contributed by atoms with Crippen LogP contribution in [0.15, 0.2) is 52.3 Å². The van der Waals surface area contributed by atoms with Gasteiger partial charge in [0.15, 0.2) is 0 Å². The molecule has 2 aromatic carbocycles. The number of morpholine rings is 1. The van der Waals surface area contributed by atoms with Crippen LogP contribution in [0.25, 0.3) is 0 Å². The van der Waals surface area contributed by atoms with Crippen LogP contribution in [0.5, 0.6) is 5.75 Å². The highest BCUT2D eigenvalue weighted by Gasteiger charge is 2.32. The molecule has 2 aliphatic heterocycles. The Labute approximate surface area is 209 Å². The average Bonchev–Trinajstić information content (AvgIpc) is 3.00. The number of carbonyl (C=O) groups excluding carboxylic acids is 2. The minimum atomic E-state index is -3.75. The number of methoxy groups -OCH3 is 1. The Bertz CT molecular complexity index is 1200. The van der Waals surface area contributed by atoms with E-state index in [1.165, 1.54) is 27.0 Å². The summed E-state index contributed by atoms with van der Waals surface area (Å²) in [6.07, 6.45) is 0. The molecule has 35 heavy (non-hydrogen) atoms. The van der Waals surface area contributed by atoms with E-state index >= 15 is 0 Å². The van der Waals surface area contributed by atoms with Crippen LogP contribution in [-0.2, 0) is 30.9 Å². The van der Waals surface area contributed by atoms with Crippen molar-refractivity contribution in [2.24, 2.45) is 5.92 Å². The first-order chi connectivity index (χ1) is 16.8. The van der Waals surface area contributed by atoms with Crippen molar-refractivity contribution >= 4 is 39.3 Å². The molecule has 9 nitrogen and oxygen atoms in total. The minimum absolute atomic E-state index is 0.0999. The zero-order valence-corrected chi connectivity index (χ0v) is 21.4. The van der Waals surface area contributed by atoms with Gasteiger partial charge in [0.25, 0.3) is 0 Å². The van der Waals surface area contributed by atoms with Crippen molar-refractivity contribution in [1.29, 1.82) is 0 Å². The van der Waals surface area contributed by atoms with Crippen molar-refractivity contribution < 1.29 is 27.5 Å². The summed E-state index contributed by atoms with van der Waals surface area (Å²) >= 11 is 1.48. The number of rotatable bonds is 7. The molecule has 2 amide bonds. The van der Waals surface area contributed by atoms with Crippen LogP contribution in [0, 0.1) is 5.92 Å². The molecule has 1 unspecified atom stereocenters. The third kappa shape index (κ3) is 5.80. The Morgan fingerprint density at radius 3 is 2.71 bits per heavy atom.